The van der Waals surface area contributed by atoms with E-state index in [9.17, 15) is 0 Å². The van der Waals surface area contributed by atoms with E-state index in [1.165, 1.54) is 0 Å². The Bertz CT molecular complexity index is 221. The van der Waals surface area contributed by atoms with E-state index >= 15 is 0 Å². The Hall–Kier alpha value is -0.810. The SMILES string of the molecule is CC1CN(C(C)CC(N)=NO)CCCO1. The van der Waals surface area contributed by atoms with E-state index in [0.29, 0.717) is 18.3 Å². The summed E-state index contributed by atoms with van der Waals surface area (Å²) in [6.07, 6.45) is 1.91. The molecule has 0 saturated carbocycles. The highest BCUT2D eigenvalue weighted by molar-refractivity contribution is 5.80. The quantitative estimate of drug-likeness (QED) is 0.313. The molecule has 1 saturated heterocycles. The molecule has 88 valence electrons. The van der Waals surface area contributed by atoms with Gasteiger partial charge in [-0.3, -0.25) is 4.90 Å². The summed E-state index contributed by atoms with van der Waals surface area (Å²) in [4.78, 5) is 2.33. The summed E-state index contributed by atoms with van der Waals surface area (Å²) in [6, 6.07) is 0.296. The molecule has 1 rings (SSSR count). The maximum Gasteiger partial charge on any atom is 0.140 e. The van der Waals surface area contributed by atoms with Crippen molar-refractivity contribution < 1.29 is 9.94 Å². The van der Waals surface area contributed by atoms with Crippen molar-refractivity contribution >= 4 is 5.84 Å². The third kappa shape index (κ3) is 4.05. The average molecular weight is 215 g/mol. The lowest BCUT2D eigenvalue weighted by atomic mass is 10.1. The van der Waals surface area contributed by atoms with Gasteiger partial charge in [-0.2, -0.15) is 0 Å². The highest BCUT2D eigenvalue weighted by Crippen LogP contribution is 2.11. The minimum atomic E-state index is 0.266. The zero-order chi connectivity index (χ0) is 11.3. The van der Waals surface area contributed by atoms with E-state index < -0.39 is 0 Å². The number of amidine groups is 1. The molecule has 0 aromatic carbocycles. The minimum absolute atomic E-state index is 0.266. The van der Waals surface area contributed by atoms with Crippen LogP contribution >= 0.6 is 0 Å². The first-order valence-corrected chi connectivity index (χ1v) is 5.45. The van der Waals surface area contributed by atoms with Crippen LogP contribution in [-0.4, -0.2) is 47.8 Å². The maximum absolute atomic E-state index is 8.51. The van der Waals surface area contributed by atoms with Crippen LogP contribution < -0.4 is 5.73 Å². The molecule has 15 heavy (non-hydrogen) atoms. The summed E-state index contributed by atoms with van der Waals surface area (Å²) in [7, 11) is 0. The molecule has 3 N–H and O–H groups in total. The number of nitrogens with zero attached hydrogens (tertiary/aromatic N) is 2. The first-order valence-electron chi connectivity index (χ1n) is 5.45. The Kier molecular flexibility index (Phi) is 4.84. The third-order valence-corrected chi connectivity index (χ3v) is 2.74. The Morgan fingerprint density at radius 3 is 3.13 bits per heavy atom. The van der Waals surface area contributed by atoms with Gasteiger partial charge in [0.2, 0.25) is 0 Å². The van der Waals surface area contributed by atoms with Crippen LogP contribution in [-0.2, 0) is 4.74 Å². The number of nitrogens with two attached hydrogens (primary N) is 1. The fraction of sp³-hybridized carbons (Fsp3) is 0.900. The van der Waals surface area contributed by atoms with Crippen LogP contribution in [0.2, 0.25) is 0 Å². The second-order valence-corrected chi connectivity index (χ2v) is 4.17. The maximum atomic E-state index is 8.51. The summed E-state index contributed by atoms with van der Waals surface area (Å²) in [5.74, 6) is 0.292. The largest absolute Gasteiger partial charge is 0.409 e. The molecule has 2 unspecified atom stereocenters. The Labute approximate surface area is 90.9 Å². The number of hydrogen-bond donors (Lipinski definition) is 2. The second kappa shape index (κ2) is 5.92. The van der Waals surface area contributed by atoms with Crippen molar-refractivity contribution in [3.05, 3.63) is 0 Å². The summed E-state index contributed by atoms with van der Waals surface area (Å²) < 4.78 is 5.56. The first kappa shape index (κ1) is 12.3. The monoisotopic (exact) mass is 215 g/mol. The number of oxime groups is 1. The van der Waals surface area contributed by atoms with Gasteiger partial charge in [-0.05, 0) is 20.3 Å². The van der Waals surface area contributed by atoms with E-state index in [-0.39, 0.29) is 6.10 Å². The number of hydrogen-bond acceptors (Lipinski definition) is 4. The molecule has 0 bridgehead atoms. The average Bonchev–Trinajstić information content (AvgIpc) is 2.42. The first-order chi connectivity index (χ1) is 7.13. The van der Waals surface area contributed by atoms with Crippen molar-refractivity contribution in [1.82, 2.24) is 4.90 Å². The predicted octanol–water partition coefficient (Wildman–Crippen LogP) is 0.622. The van der Waals surface area contributed by atoms with Gasteiger partial charge in [0.05, 0.1) is 6.10 Å². The Morgan fingerprint density at radius 1 is 1.73 bits per heavy atom. The zero-order valence-corrected chi connectivity index (χ0v) is 9.52. The van der Waals surface area contributed by atoms with Crippen LogP contribution in [0.4, 0.5) is 0 Å². The molecule has 0 spiro atoms. The molecule has 2 atom stereocenters. The Morgan fingerprint density at radius 2 is 2.47 bits per heavy atom. The van der Waals surface area contributed by atoms with Crippen molar-refractivity contribution in [2.45, 2.75) is 38.8 Å². The van der Waals surface area contributed by atoms with Crippen molar-refractivity contribution in [2.24, 2.45) is 10.9 Å². The van der Waals surface area contributed by atoms with Crippen LogP contribution in [0.1, 0.15) is 26.7 Å². The zero-order valence-electron chi connectivity index (χ0n) is 9.52. The number of ether oxygens (including phenoxy) is 1. The lowest BCUT2D eigenvalue weighted by Crippen LogP contribution is -2.39. The molecule has 1 aliphatic rings. The van der Waals surface area contributed by atoms with Gasteiger partial charge >= 0.3 is 0 Å². The topological polar surface area (TPSA) is 71.1 Å². The predicted molar refractivity (Wildman–Crippen MR) is 59.1 cm³/mol. The van der Waals surface area contributed by atoms with Gasteiger partial charge in [-0.25, -0.2) is 0 Å². The van der Waals surface area contributed by atoms with Crippen molar-refractivity contribution in [3.63, 3.8) is 0 Å². The second-order valence-electron chi connectivity index (χ2n) is 4.17. The Balaban J connectivity index is 2.46. The van der Waals surface area contributed by atoms with Crippen LogP contribution in [0.3, 0.4) is 0 Å². The lowest BCUT2D eigenvalue weighted by molar-refractivity contribution is 0.0625. The van der Waals surface area contributed by atoms with E-state index in [2.05, 4.69) is 23.9 Å². The normalized spacial score (nSPS) is 27.3. The molecule has 5 heteroatoms. The summed E-state index contributed by atoms with van der Waals surface area (Å²) in [5.41, 5.74) is 5.50. The van der Waals surface area contributed by atoms with E-state index in [4.69, 9.17) is 15.7 Å². The van der Waals surface area contributed by atoms with Crippen molar-refractivity contribution in [3.8, 4) is 0 Å². The van der Waals surface area contributed by atoms with Gasteiger partial charge in [-0.15, -0.1) is 0 Å². The van der Waals surface area contributed by atoms with Crippen molar-refractivity contribution in [1.29, 1.82) is 0 Å². The molecule has 1 aliphatic heterocycles. The molecule has 5 nitrogen and oxygen atoms in total. The van der Waals surface area contributed by atoms with Crippen LogP contribution in [0.15, 0.2) is 5.16 Å². The molecule has 0 amide bonds. The number of rotatable bonds is 3. The van der Waals surface area contributed by atoms with Crippen LogP contribution in [0, 0.1) is 0 Å². The van der Waals surface area contributed by atoms with Gasteiger partial charge in [0, 0.05) is 32.2 Å². The molecule has 1 fully saturated rings. The molecule has 0 radical (unpaired) electrons. The van der Waals surface area contributed by atoms with Crippen molar-refractivity contribution in [2.75, 3.05) is 19.7 Å². The molecule has 0 aromatic rings. The molecule has 0 aliphatic carbocycles. The van der Waals surface area contributed by atoms with Gasteiger partial charge < -0.3 is 15.7 Å². The van der Waals surface area contributed by atoms with E-state index in [0.717, 1.165) is 26.1 Å². The summed E-state index contributed by atoms with van der Waals surface area (Å²) in [6.45, 7) is 6.93. The lowest BCUT2D eigenvalue weighted by Gasteiger charge is -2.28. The highest BCUT2D eigenvalue weighted by atomic mass is 16.5. The standard InChI is InChI=1S/C10H21N3O2/c1-8(6-10(11)12-14)13-4-3-5-15-9(2)7-13/h8-9,14H,3-7H2,1-2H3,(H2,11,12). The smallest absolute Gasteiger partial charge is 0.140 e. The van der Waals surface area contributed by atoms with E-state index in [1.807, 2.05) is 0 Å². The molecule has 0 aromatic heterocycles. The molecule has 1 heterocycles. The summed E-state index contributed by atoms with van der Waals surface area (Å²) in [5, 5.41) is 11.5. The molecular formula is C10H21N3O2. The third-order valence-electron chi connectivity index (χ3n) is 2.74. The van der Waals surface area contributed by atoms with Gasteiger partial charge in [-0.1, -0.05) is 5.16 Å². The summed E-state index contributed by atoms with van der Waals surface area (Å²) >= 11 is 0. The highest BCUT2D eigenvalue weighted by Gasteiger charge is 2.20. The van der Waals surface area contributed by atoms with Crippen LogP contribution in [0.25, 0.3) is 0 Å². The van der Waals surface area contributed by atoms with Gasteiger partial charge in [0.15, 0.2) is 0 Å². The minimum Gasteiger partial charge on any atom is -0.409 e. The fourth-order valence-electron chi connectivity index (χ4n) is 1.90. The fourth-order valence-corrected chi connectivity index (χ4v) is 1.90. The van der Waals surface area contributed by atoms with Crippen LogP contribution in [0.5, 0.6) is 0 Å². The van der Waals surface area contributed by atoms with Gasteiger partial charge in [0.1, 0.15) is 5.84 Å². The van der Waals surface area contributed by atoms with Gasteiger partial charge in [0.25, 0.3) is 0 Å². The molecular weight excluding hydrogens is 194 g/mol. The van der Waals surface area contributed by atoms with E-state index in [1.54, 1.807) is 0 Å².